The number of hydrazone groups is 1. The molecule has 3 aromatic rings. The fraction of sp³-hybridized carbons (Fsp3) is 0.182. The maximum atomic E-state index is 12.4. The predicted octanol–water partition coefficient (Wildman–Crippen LogP) is 3.62. The third-order valence-electron chi connectivity index (χ3n) is 4.47. The van der Waals surface area contributed by atoms with E-state index in [1.54, 1.807) is 25.1 Å². The highest BCUT2D eigenvalue weighted by Gasteiger charge is 2.19. The van der Waals surface area contributed by atoms with Crippen LogP contribution in [0.1, 0.15) is 18.3 Å². The van der Waals surface area contributed by atoms with Crippen molar-refractivity contribution in [1.29, 1.82) is 0 Å². The molecule has 1 heterocycles. The topological polar surface area (TPSA) is 127 Å². The van der Waals surface area contributed by atoms with Crippen LogP contribution >= 0.6 is 11.8 Å². The summed E-state index contributed by atoms with van der Waals surface area (Å²) in [5, 5.41) is 26.5. The van der Waals surface area contributed by atoms with Crippen LogP contribution in [0, 0.1) is 10.1 Å². The smallest absolute Gasteiger partial charge is 0.269 e. The number of non-ortho nitro benzene ring substituents is 1. The van der Waals surface area contributed by atoms with Crippen molar-refractivity contribution in [3.8, 4) is 0 Å². The van der Waals surface area contributed by atoms with Crippen molar-refractivity contribution in [2.45, 2.75) is 30.4 Å². The molecule has 3 rings (SSSR count). The zero-order valence-electron chi connectivity index (χ0n) is 17.9. The van der Waals surface area contributed by atoms with Gasteiger partial charge < -0.3 is 9.88 Å². The molecule has 1 amide bonds. The van der Waals surface area contributed by atoms with E-state index in [2.05, 4.69) is 32.6 Å². The summed E-state index contributed by atoms with van der Waals surface area (Å²) in [6.07, 6.45) is 3.17. The standard InChI is InChI=1S/C22H23N7O3S/c1-3-13-28-20(15-23-18-7-5-4-6-8-18)25-27-22(28)33-16(2)21(30)26-24-14-17-9-11-19(12-10-17)29(31)32/h3-12,14,16,23H,1,13,15H2,2H3,(H,26,30)/b24-14+. The Morgan fingerprint density at radius 2 is 1.97 bits per heavy atom. The normalized spacial score (nSPS) is 11.8. The molecular weight excluding hydrogens is 442 g/mol. The molecule has 0 aliphatic rings. The minimum atomic E-state index is -0.485. The zero-order valence-corrected chi connectivity index (χ0v) is 18.7. The van der Waals surface area contributed by atoms with E-state index in [1.807, 2.05) is 34.9 Å². The van der Waals surface area contributed by atoms with Crippen molar-refractivity contribution in [2.24, 2.45) is 5.10 Å². The molecule has 10 nitrogen and oxygen atoms in total. The van der Waals surface area contributed by atoms with E-state index in [0.29, 0.717) is 23.8 Å². The van der Waals surface area contributed by atoms with Crippen molar-refractivity contribution in [3.05, 3.63) is 88.8 Å². The number of aromatic nitrogens is 3. The molecule has 0 spiro atoms. The van der Waals surface area contributed by atoms with Crippen molar-refractivity contribution in [3.63, 3.8) is 0 Å². The molecule has 1 unspecified atom stereocenters. The number of nitrogens with one attached hydrogen (secondary N) is 2. The Morgan fingerprint density at radius 1 is 1.24 bits per heavy atom. The maximum Gasteiger partial charge on any atom is 0.269 e. The fourth-order valence-electron chi connectivity index (χ4n) is 2.74. The van der Waals surface area contributed by atoms with E-state index in [1.165, 1.54) is 30.1 Å². The Hall–Kier alpha value is -3.99. The van der Waals surface area contributed by atoms with Crippen LogP contribution in [0.25, 0.3) is 0 Å². The minimum Gasteiger partial charge on any atom is -0.378 e. The number of hydrogen-bond donors (Lipinski definition) is 2. The van der Waals surface area contributed by atoms with Crippen molar-refractivity contribution < 1.29 is 9.72 Å². The number of carbonyl (C=O) groups is 1. The summed E-state index contributed by atoms with van der Waals surface area (Å²) in [6, 6.07) is 15.6. The molecule has 0 fully saturated rings. The van der Waals surface area contributed by atoms with Crippen molar-refractivity contribution in [1.82, 2.24) is 20.2 Å². The Morgan fingerprint density at radius 3 is 2.64 bits per heavy atom. The Labute approximate surface area is 195 Å². The molecule has 2 aromatic carbocycles. The van der Waals surface area contributed by atoms with Gasteiger partial charge in [-0.05, 0) is 36.8 Å². The predicted molar refractivity (Wildman–Crippen MR) is 128 cm³/mol. The largest absolute Gasteiger partial charge is 0.378 e. The van der Waals surface area contributed by atoms with Gasteiger partial charge in [0.05, 0.1) is 22.9 Å². The fourth-order valence-corrected chi connectivity index (χ4v) is 3.61. The molecule has 2 N–H and O–H groups in total. The van der Waals surface area contributed by atoms with Gasteiger partial charge in [0.1, 0.15) is 0 Å². The van der Waals surface area contributed by atoms with Crippen LogP contribution in [0.2, 0.25) is 0 Å². The molecule has 0 saturated heterocycles. The van der Waals surface area contributed by atoms with E-state index >= 15 is 0 Å². The summed E-state index contributed by atoms with van der Waals surface area (Å²) in [7, 11) is 0. The number of rotatable bonds is 11. The van der Waals surface area contributed by atoms with Gasteiger partial charge in [0.2, 0.25) is 0 Å². The first kappa shape index (κ1) is 23.7. The lowest BCUT2D eigenvalue weighted by molar-refractivity contribution is -0.384. The number of benzene rings is 2. The van der Waals surface area contributed by atoms with Crippen LogP contribution in [0.4, 0.5) is 11.4 Å². The number of anilines is 1. The maximum absolute atomic E-state index is 12.4. The number of allylic oxidation sites excluding steroid dienone is 1. The van der Waals surface area contributed by atoms with Crippen LogP contribution in [0.3, 0.4) is 0 Å². The molecule has 0 saturated carbocycles. The third kappa shape index (κ3) is 6.74. The molecule has 170 valence electrons. The van der Waals surface area contributed by atoms with E-state index in [9.17, 15) is 14.9 Å². The van der Waals surface area contributed by atoms with Crippen LogP contribution < -0.4 is 10.7 Å². The first-order valence-electron chi connectivity index (χ1n) is 10.0. The lowest BCUT2D eigenvalue weighted by atomic mass is 10.2. The molecular formula is C22H23N7O3S. The molecule has 33 heavy (non-hydrogen) atoms. The van der Waals surface area contributed by atoms with Gasteiger partial charge in [0.15, 0.2) is 11.0 Å². The number of nitro benzene ring substituents is 1. The number of para-hydroxylation sites is 1. The number of amides is 1. The SMILES string of the molecule is C=CCn1c(CNc2ccccc2)nnc1SC(C)C(=O)N/N=C/c1ccc([N+](=O)[O-])cc1. The average Bonchev–Trinajstić information content (AvgIpc) is 3.20. The summed E-state index contributed by atoms with van der Waals surface area (Å²) in [4.78, 5) is 22.7. The zero-order chi connectivity index (χ0) is 23.6. The molecule has 1 aromatic heterocycles. The van der Waals surface area contributed by atoms with Gasteiger partial charge in [-0.25, -0.2) is 5.43 Å². The van der Waals surface area contributed by atoms with Gasteiger partial charge in [0.25, 0.3) is 11.6 Å². The second-order valence-electron chi connectivity index (χ2n) is 6.86. The lowest BCUT2D eigenvalue weighted by Gasteiger charge is -2.12. The summed E-state index contributed by atoms with van der Waals surface area (Å²) in [5.41, 5.74) is 4.07. The second kappa shape index (κ2) is 11.6. The van der Waals surface area contributed by atoms with Crippen molar-refractivity contribution in [2.75, 3.05) is 5.32 Å². The van der Waals surface area contributed by atoms with Crippen LogP contribution in [-0.4, -0.2) is 37.1 Å². The highest BCUT2D eigenvalue weighted by molar-refractivity contribution is 8.00. The quantitative estimate of drug-likeness (QED) is 0.146. The van der Waals surface area contributed by atoms with Crippen LogP contribution in [-0.2, 0) is 17.9 Å². The Bertz CT molecular complexity index is 1130. The van der Waals surface area contributed by atoms with E-state index in [0.717, 1.165) is 11.5 Å². The monoisotopic (exact) mass is 465 g/mol. The minimum absolute atomic E-state index is 0.0109. The molecule has 0 aliphatic carbocycles. The van der Waals surface area contributed by atoms with Crippen LogP contribution in [0.15, 0.2) is 77.5 Å². The number of carbonyl (C=O) groups excluding carboxylic acids is 1. The molecule has 0 bridgehead atoms. The number of nitrogens with zero attached hydrogens (tertiary/aromatic N) is 5. The second-order valence-corrected chi connectivity index (χ2v) is 8.17. The molecule has 1 atom stereocenters. The number of nitro groups is 1. The van der Waals surface area contributed by atoms with Gasteiger partial charge in [-0.3, -0.25) is 14.9 Å². The first-order chi connectivity index (χ1) is 16.0. The summed E-state index contributed by atoms with van der Waals surface area (Å²) in [6.45, 7) is 6.52. The molecule has 0 radical (unpaired) electrons. The average molecular weight is 466 g/mol. The summed E-state index contributed by atoms with van der Waals surface area (Å²) in [5.74, 6) is 0.417. The number of thioether (sulfide) groups is 1. The molecule has 11 heteroatoms. The van der Waals surface area contributed by atoms with Gasteiger partial charge in [-0.2, -0.15) is 5.10 Å². The molecule has 0 aliphatic heterocycles. The van der Waals surface area contributed by atoms with E-state index in [4.69, 9.17) is 0 Å². The van der Waals surface area contributed by atoms with Crippen molar-refractivity contribution >= 4 is 35.3 Å². The van der Waals surface area contributed by atoms with Crippen LogP contribution in [0.5, 0.6) is 0 Å². The highest BCUT2D eigenvalue weighted by atomic mass is 32.2. The first-order valence-corrected chi connectivity index (χ1v) is 10.9. The third-order valence-corrected chi connectivity index (χ3v) is 5.55. The Balaban J connectivity index is 1.58. The van der Waals surface area contributed by atoms with Gasteiger partial charge in [-0.15, -0.1) is 16.8 Å². The highest BCUT2D eigenvalue weighted by Crippen LogP contribution is 2.23. The summed E-state index contributed by atoms with van der Waals surface area (Å²) >= 11 is 1.27. The van der Waals surface area contributed by atoms with Gasteiger partial charge in [0, 0.05) is 24.4 Å². The number of hydrogen-bond acceptors (Lipinski definition) is 8. The van der Waals surface area contributed by atoms with E-state index in [-0.39, 0.29) is 11.6 Å². The Kier molecular flexibility index (Phi) is 8.30. The van der Waals surface area contributed by atoms with Gasteiger partial charge >= 0.3 is 0 Å². The van der Waals surface area contributed by atoms with E-state index < -0.39 is 10.2 Å². The lowest BCUT2D eigenvalue weighted by Crippen LogP contribution is -2.27. The summed E-state index contributed by atoms with van der Waals surface area (Å²) < 4.78 is 1.90. The van der Waals surface area contributed by atoms with Gasteiger partial charge in [-0.1, -0.05) is 36.0 Å².